The summed E-state index contributed by atoms with van der Waals surface area (Å²) in [7, 11) is 0. The van der Waals surface area contributed by atoms with Crippen LogP contribution < -0.4 is 11.1 Å². The number of nitrogens with two attached hydrogens (primary N) is 1. The molecule has 3 N–H and O–H groups in total. The van der Waals surface area contributed by atoms with Gasteiger partial charge in [0.15, 0.2) is 11.7 Å². The summed E-state index contributed by atoms with van der Waals surface area (Å²) >= 11 is 0. The largest absolute Gasteiger partial charge is 0.370 e. The Balaban J connectivity index is 1.59. The van der Waals surface area contributed by atoms with Gasteiger partial charge < -0.3 is 20.5 Å². The van der Waals surface area contributed by atoms with Crippen LogP contribution in [0, 0.1) is 0 Å². The van der Waals surface area contributed by atoms with Gasteiger partial charge in [0.1, 0.15) is 0 Å². The van der Waals surface area contributed by atoms with Crippen molar-refractivity contribution >= 4 is 11.6 Å². The van der Waals surface area contributed by atoms with Crippen LogP contribution in [-0.2, 0) is 22.3 Å². The van der Waals surface area contributed by atoms with Gasteiger partial charge in [-0.2, -0.15) is 0 Å². The predicted molar refractivity (Wildman–Crippen MR) is 88.1 cm³/mol. The summed E-state index contributed by atoms with van der Waals surface area (Å²) in [6, 6.07) is 6.38. The van der Waals surface area contributed by atoms with Gasteiger partial charge in [-0.15, -0.1) is 0 Å². The molecule has 1 saturated heterocycles. The van der Waals surface area contributed by atoms with Gasteiger partial charge in [0.2, 0.25) is 0 Å². The molecule has 0 amide bonds. The monoisotopic (exact) mass is 303 g/mol. The van der Waals surface area contributed by atoms with E-state index in [9.17, 15) is 0 Å². The first-order valence-corrected chi connectivity index (χ1v) is 8.12. The highest BCUT2D eigenvalue weighted by Gasteiger charge is 2.30. The molecule has 0 atom stereocenters. The lowest BCUT2D eigenvalue weighted by molar-refractivity contribution is -0.144. The molecule has 1 aromatic carbocycles. The number of anilines is 1. The fourth-order valence-corrected chi connectivity index (χ4v) is 3.16. The molecule has 0 unspecified atom stereocenters. The van der Waals surface area contributed by atoms with Crippen LogP contribution in [0.4, 0.5) is 5.69 Å². The van der Waals surface area contributed by atoms with E-state index in [1.54, 1.807) is 0 Å². The number of nitrogens with zero attached hydrogens (tertiary/aromatic N) is 1. The van der Waals surface area contributed by atoms with Crippen LogP contribution in [0.5, 0.6) is 0 Å². The minimum absolute atomic E-state index is 0.459. The highest BCUT2D eigenvalue weighted by Crippen LogP contribution is 2.27. The lowest BCUT2D eigenvalue weighted by Gasteiger charge is -2.21. The molecule has 1 aliphatic carbocycles. The lowest BCUT2D eigenvalue weighted by Crippen LogP contribution is -2.28. The van der Waals surface area contributed by atoms with E-state index in [1.165, 1.54) is 24.0 Å². The molecule has 0 saturated carbocycles. The molecule has 0 aromatic heterocycles. The van der Waals surface area contributed by atoms with Crippen LogP contribution in [0.1, 0.15) is 37.3 Å². The Bertz CT molecular complexity index is 551. The van der Waals surface area contributed by atoms with Crippen molar-refractivity contribution in [1.29, 1.82) is 0 Å². The van der Waals surface area contributed by atoms with Gasteiger partial charge in [0, 0.05) is 18.7 Å². The minimum Gasteiger partial charge on any atom is -0.370 e. The van der Waals surface area contributed by atoms with E-state index in [0.29, 0.717) is 32.1 Å². The average Bonchev–Trinajstić information content (AvgIpc) is 2.94. The fraction of sp³-hybridized carbons (Fsp3) is 0.588. The fourth-order valence-electron chi connectivity index (χ4n) is 3.16. The Hall–Kier alpha value is -1.59. The second-order valence-electron chi connectivity index (χ2n) is 6.12. The zero-order chi connectivity index (χ0) is 15.4. The van der Waals surface area contributed by atoms with Gasteiger partial charge in [-0.05, 0) is 49.8 Å². The summed E-state index contributed by atoms with van der Waals surface area (Å²) < 4.78 is 11.1. The van der Waals surface area contributed by atoms with Crippen molar-refractivity contribution in [3.8, 4) is 0 Å². The van der Waals surface area contributed by atoms with E-state index in [2.05, 4.69) is 28.5 Å². The van der Waals surface area contributed by atoms with Gasteiger partial charge >= 0.3 is 0 Å². The number of nitrogens with one attached hydrogen (secondary N) is 1. The van der Waals surface area contributed by atoms with Crippen molar-refractivity contribution in [3.63, 3.8) is 0 Å². The Morgan fingerprint density at radius 2 is 2.05 bits per heavy atom. The van der Waals surface area contributed by atoms with Crippen LogP contribution >= 0.6 is 0 Å². The van der Waals surface area contributed by atoms with E-state index >= 15 is 0 Å². The molecular formula is C17H25N3O2. The summed E-state index contributed by atoms with van der Waals surface area (Å²) in [5, 5.41) is 3.25. The van der Waals surface area contributed by atoms with Crippen LogP contribution in [-0.4, -0.2) is 31.5 Å². The van der Waals surface area contributed by atoms with E-state index < -0.39 is 5.79 Å². The number of fused-ring (bicyclic) bond motifs is 1. The number of aryl methyl sites for hydroxylation is 1. The molecule has 120 valence electrons. The first kappa shape index (κ1) is 15.3. The van der Waals surface area contributed by atoms with Crippen LogP contribution in [0.2, 0.25) is 0 Å². The number of ether oxygens (including phenoxy) is 2. The molecule has 22 heavy (non-hydrogen) atoms. The second kappa shape index (κ2) is 6.67. The maximum absolute atomic E-state index is 6.02. The van der Waals surface area contributed by atoms with Crippen molar-refractivity contribution in [2.75, 3.05) is 25.1 Å². The Morgan fingerprint density at radius 3 is 2.86 bits per heavy atom. The lowest BCUT2D eigenvalue weighted by atomic mass is 9.90. The SMILES string of the molecule is CC1(CCN=C(N)Nc2cccc3c2CCCC3)OCCO1. The smallest absolute Gasteiger partial charge is 0.193 e. The van der Waals surface area contributed by atoms with Crippen molar-refractivity contribution in [2.24, 2.45) is 10.7 Å². The van der Waals surface area contributed by atoms with Crippen LogP contribution in [0.15, 0.2) is 23.2 Å². The van der Waals surface area contributed by atoms with E-state index in [-0.39, 0.29) is 0 Å². The summed E-state index contributed by atoms with van der Waals surface area (Å²) in [5.74, 6) is -0.0454. The van der Waals surface area contributed by atoms with E-state index in [1.807, 2.05) is 6.92 Å². The first-order chi connectivity index (χ1) is 10.7. The minimum atomic E-state index is -0.504. The molecule has 1 aliphatic heterocycles. The van der Waals surface area contributed by atoms with Gasteiger partial charge in [-0.1, -0.05) is 12.1 Å². The molecule has 1 aromatic rings. The van der Waals surface area contributed by atoms with Gasteiger partial charge in [0.25, 0.3) is 0 Å². The number of hydrogen-bond donors (Lipinski definition) is 2. The molecule has 1 heterocycles. The van der Waals surface area contributed by atoms with E-state index in [0.717, 1.165) is 18.5 Å². The van der Waals surface area contributed by atoms with Crippen LogP contribution in [0.25, 0.3) is 0 Å². The van der Waals surface area contributed by atoms with Gasteiger partial charge in [0.05, 0.1) is 13.2 Å². The zero-order valence-corrected chi connectivity index (χ0v) is 13.2. The molecule has 0 radical (unpaired) electrons. The number of hydrogen-bond acceptors (Lipinski definition) is 3. The predicted octanol–water partition coefficient (Wildman–Crippen LogP) is 2.45. The molecule has 0 spiro atoms. The van der Waals surface area contributed by atoms with Crippen LogP contribution in [0.3, 0.4) is 0 Å². The summed E-state index contributed by atoms with van der Waals surface area (Å²) in [5.41, 5.74) is 9.94. The standard InChI is InChI=1S/C17H25N3O2/c1-17(21-11-12-22-17)9-10-19-16(18)20-15-8-4-6-13-5-2-3-7-14(13)15/h4,6,8H,2-3,5,7,9-12H2,1H3,(H3,18,19,20). The summed E-state index contributed by atoms with van der Waals surface area (Å²) in [4.78, 5) is 4.40. The molecular weight excluding hydrogens is 278 g/mol. The number of aliphatic imine (C=N–C) groups is 1. The normalized spacial score (nSPS) is 20.7. The number of guanidine groups is 1. The zero-order valence-electron chi connectivity index (χ0n) is 13.2. The third-order valence-corrected chi connectivity index (χ3v) is 4.40. The Kier molecular flexibility index (Phi) is 4.64. The Morgan fingerprint density at radius 1 is 1.27 bits per heavy atom. The van der Waals surface area contributed by atoms with Crippen molar-refractivity contribution in [1.82, 2.24) is 0 Å². The molecule has 1 fully saturated rings. The van der Waals surface area contributed by atoms with Crippen molar-refractivity contribution in [3.05, 3.63) is 29.3 Å². The highest BCUT2D eigenvalue weighted by atomic mass is 16.7. The molecule has 2 aliphatic rings. The Labute approximate surface area is 131 Å². The van der Waals surface area contributed by atoms with Crippen molar-refractivity contribution in [2.45, 2.75) is 44.8 Å². The second-order valence-corrected chi connectivity index (χ2v) is 6.12. The topological polar surface area (TPSA) is 68.9 Å². The maximum atomic E-state index is 6.02. The van der Waals surface area contributed by atoms with Crippen molar-refractivity contribution < 1.29 is 9.47 Å². The summed E-state index contributed by atoms with van der Waals surface area (Å²) in [6.07, 6.45) is 5.51. The third kappa shape index (κ3) is 3.59. The summed E-state index contributed by atoms with van der Waals surface area (Å²) in [6.45, 7) is 3.85. The van der Waals surface area contributed by atoms with Gasteiger partial charge in [-0.25, -0.2) is 0 Å². The first-order valence-electron chi connectivity index (χ1n) is 8.12. The quantitative estimate of drug-likeness (QED) is 0.662. The third-order valence-electron chi connectivity index (χ3n) is 4.40. The molecule has 5 nitrogen and oxygen atoms in total. The highest BCUT2D eigenvalue weighted by molar-refractivity contribution is 5.93. The maximum Gasteiger partial charge on any atom is 0.193 e. The molecule has 3 rings (SSSR count). The number of rotatable bonds is 4. The number of benzene rings is 1. The average molecular weight is 303 g/mol. The molecule has 5 heteroatoms. The molecule has 0 bridgehead atoms. The van der Waals surface area contributed by atoms with Gasteiger partial charge in [-0.3, -0.25) is 4.99 Å². The van der Waals surface area contributed by atoms with E-state index in [4.69, 9.17) is 15.2 Å².